The summed E-state index contributed by atoms with van der Waals surface area (Å²) in [6.45, 7) is 1.43. The smallest absolute Gasteiger partial charge is 0.463 e. The number of nitrogens with zero attached hydrogens (tertiary/aromatic N) is 1. The van der Waals surface area contributed by atoms with Crippen LogP contribution in [0, 0.1) is 6.92 Å². The van der Waals surface area contributed by atoms with Gasteiger partial charge in [-0.3, -0.25) is 5.10 Å². The Bertz CT molecular complexity index is 473. The average molecular weight is 232 g/mol. The number of rotatable bonds is 2. The Morgan fingerprint density at radius 3 is 2.75 bits per heavy atom. The summed E-state index contributed by atoms with van der Waals surface area (Å²) in [6.07, 6.45) is -3.41. The normalized spacial score (nSPS) is 11.8. The van der Waals surface area contributed by atoms with Gasteiger partial charge in [-0.1, -0.05) is 0 Å². The Hall–Kier alpha value is -1.92. The summed E-state index contributed by atoms with van der Waals surface area (Å²) in [7, 11) is 0. The highest BCUT2D eigenvalue weighted by atomic mass is 19.4. The third kappa shape index (κ3) is 2.02. The molecule has 1 N–H and O–H groups in total. The van der Waals surface area contributed by atoms with E-state index >= 15 is 0 Å². The lowest BCUT2D eigenvalue weighted by Gasteiger charge is -2.08. The monoisotopic (exact) mass is 232 g/mol. The summed E-state index contributed by atoms with van der Waals surface area (Å²) < 4.78 is 45.2. The van der Waals surface area contributed by atoms with E-state index in [2.05, 4.69) is 14.9 Å². The van der Waals surface area contributed by atoms with E-state index in [4.69, 9.17) is 4.42 Å². The van der Waals surface area contributed by atoms with Crippen LogP contribution >= 0.6 is 0 Å². The first-order valence-corrected chi connectivity index (χ1v) is 4.32. The number of nitrogens with one attached hydrogen (secondary N) is 1. The van der Waals surface area contributed by atoms with E-state index in [0.29, 0.717) is 0 Å². The predicted octanol–water partition coefficient (Wildman–Crippen LogP) is 2.88. The SMILES string of the molecule is Cc1[nH]nc(-c2ccco2)c1OC(F)(F)F. The van der Waals surface area contributed by atoms with Gasteiger partial charge in [-0.05, 0) is 19.1 Å². The highest BCUT2D eigenvalue weighted by Gasteiger charge is 2.34. The van der Waals surface area contributed by atoms with Crippen molar-refractivity contribution in [3.8, 4) is 17.2 Å². The second kappa shape index (κ2) is 3.58. The van der Waals surface area contributed by atoms with E-state index in [0.717, 1.165) is 0 Å². The van der Waals surface area contributed by atoms with E-state index in [1.807, 2.05) is 0 Å². The van der Waals surface area contributed by atoms with Crippen molar-refractivity contribution in [1.82, 2.24) is 10.2 Å². The molecular formula is C9H7F3N2O2. The lowest BCUT2D eigenvalue weighted by Crippen LogP contribution is -2.17. The van der Waals surface area contributed by atoms with Crippen LogP contribution < -0.4 is 4.74 Å². The quantitative estimate of drug-likeness (QED) is 0.866. The van der Waals surface area contributed by atoms with Gasteiger partial charge in [-0.15, -0.1) is 13.2 Å². The third-order valence-corrected chi connectivity index (χ3v) is 1.86. The molecule has 2 aromatic rings. The Morgan fingerprint density at radius 2 is 2.19 bits per heavy atom. The lowest BCUT2D eigenvalue weighted by atomic mass is 10.3. The highest BCUT2D eigenvalue weighted by molar-refractivity contribution is 5.62. The number of aryl methyl sites for hydroxylation is 1. The minimum atomic E-state index is -4.75. The molecule has 0 radical (unpaired) electrons. The van der Waals surface area contributed by atoms with E-state index in [-0.39, 0.29) is 22.9 Å². The van der Waals surface area contributed by atoms with E-state index in [1.165, 1.54) is 19.3 Å². The first kappa shape index (κ1) is 10.6. The molecule has 2 aromatic heterocycles. The van der Waals surface area contributed by atoms with Gasteiger partial charge in [0.15, 0.2) is 17.2 Å². The number of halogens is 3. The zero-order chi connectivity index (χ0) is 11.8. The first-order chi connectivity index (χ1) is 7.47. The van der Waals surface area contributed by atoms with Crippen molar-refractivity contribution in [2.24, 2.45) is 0 Å². The molecule has 0 atom stereocenters. The van der Waals surface area contributed by atoms with Crippen LogP contribution in [0.2, 0.25) is 0 Å². The first-order valence-electron chi connectivity index (χ1n) is 4.32. The van der Waals surface area contributed by atoms with E-state index in [9.17, 15) is 13.2 Å². The number of alkyl halides is 3. The molecule has 0 fully saturated rings. The summed E-state index contributed by atoms with van der Waals surface area (Å²) in [5, 5.41) is 6.11. The molecule has 0 amide bonds. The zero-order valence-electron chi connectivity index (χ0n) is 8.13. The molecule has 4 nitrogen and oxygen atoms in total. The van der Waals surface area contributed by atoms with Crippen molar-refractivity contribution in [2.75, 3.05) is 0 Å². The largest absolute Gasteiger partial charge is 0.573 e. The van der Waals surface area contributed by atoms with Crippen molar-refractivity contribution in [1.29, 1.82) is 0 Å². The molecule has 0 aromatic carbocycles. The van der Waals surface area contributed by atoms with Crippen LogP contribution in [0.5, 0.6) is 5.75 Å². The van der Waals surface area contributed by atoms with Crippen molar-refractivity contribution in [2.45, 2.75) is 13.3 Å². The van der Waals surface area contributed by atoms with Gasteiger partial charge in [-0.25, -0.2) is 0 Å². The highest BCUT2D eigenvalue weighted by Crippen LogP contribution is 2.34. The Kier molecular flexibility index (Phi) is 2.37. The van der Waals surface area contributed by atoms with Crippen LogP contribution in [0.1, 0.15) is 5.69 Å². The second-order valence-corrected chi connectivity index (χ2v) is 3.05. The number of H-pyrrole nitrogens is 1. The topological polar surface area (TPSA) is 51.0 Å². The van der Waals surface area contributed by atoms with E-state index < -0.39 is 6.36 Å². The fourth-order valence-corrected chi connectivity index (χ4v) is 1.24. The summed E-state index contributed by atoms with van der Waals surface area (Å²) in [6, 6.07) is 3.05. The van der Waals surface area contributed by atoms with Crippen molar-refractivity contribution in [3.63, 3.8) is 0 Å². The van der Waals surface area contributed by atoms with Gasteiger partial charge in [0.2, 0.25) is 0 Å². The van der Waals surface area contributed by atoms with Gasteiger partial charge in [0.1, 0.15) is 0 Å². The third-order valence-electron chi connectivity index (χ3n) is 1.86. The molecule has 86 valence electrons. The molecule has 0 bridgehead atoms. The molecule has 16 heavy (non-hydrogen) atoms. The maximum Gasteiger partial charge on any atom is 0.573 e. The standard InChI is InChI=1S/C9H7F3N2O2/c1-5-8(16-9(10,11)12)7(14-13-5)6-3-2-4-15-6/h2-4H,1H3,(H,13,14). The fraction of sp³-hybridized carbons (Fsp3) is 0.222. The van der Waals surface area contributed by atoms with Crippen molar-refractivity contribution >= 4 is 0 Å². The fourth-order valence-electron chi connectivity index (χ4n) is 1.24. The Morgan fingerprint density at radius 1 is 1.44 bits per heavy atom. The maximum atomic E-state index is 12.1. The van der Waals surface area contributed by atoms with Crippen LogP contribution in [-0.4, -0.2) is 16.6 Å². The summed E-state index contributed by atoms with van der Waals surface area (Å²) in [4.78, 5) is 0. The molecular weight excluding hydrogens is 225 g/mol. The molecule has 0 spiro atoms. The van der Waals surface area contributed by atoms with Gasteiger partial charge < -0.3 is 9.15 Å². The van der Waals surface area contributed by atoms with Crippen molar-refractivity contribution < 1.29 is 22.3 Å². The predicted molar refractivity (Wildman–Crippen MR) is 47.7 cm³/mol. The van der Waals surface area contributed by atoms with Gasteiger partial charge in [-0.2, -0.15) is 5.10 Å². The Labute approximate surface area is 88.0 Å². The van der Waals surface area contributed by atoms with Crippen LogP contribution in [0.25, 0.3) is 11.5 Å². The summed E-state index contributed by atoms with van der Waals surface area (Å²) >= 11 is 0. The number of ether oxygens (including phenoxy) is 1. The number of hydrogen-bond acceptors (Lipinski definition) is 3. The molecule has 0 saturated carbocycles. The van der Waals surface area contributed by atoms with Gasteiger partial charge >= 0.3 is 6.36 Å². The van der Waals surface area contributed by atoms with Crippen LogP contribution in [-0.2, 0) is 0 Å². The van der Waals surface area contributed by atoms with Gasteiger partial charge in [0.05, 0.1) is 12.0 Å². The van der Waals surface area contributed by atoms with Crippen LogP contribution in [0.3, 0.4) is 0 Å². The minimum Gasteiger partial charge on any atom is -0.463 e. The van der Waals surface area contributed by atoms with Gasteiger partial charge in [0, 0.05) is 0 Å². The number of hydrogen-bond donors (Lipinski definition) is 1. The second-order valence-electron chi connectivity index (χ2n) is 3.05. The average Bonchev–Trinajstić information content (AvgIpc) is 2.75. The minimum absolute atomic E-state index is 0.000162. The molecule has 0 aliphatic carbocycles. The summed E-state index contributed by atoms with van der Waals surface area (Å²) in [5.74, 6) is -0.161. The number of aromatic amines is 1. The summed E-state index contributed by atoms with van der Waals surface area (Å²) in [5.41, 5.74) is 0.184. The molecule has 2 heterocycles. The molecule has 0 aliphatic heterocycles. The molecule has 0 saturated heterocycles. The van der Waals surface area contributed by atoms with Crippen molar-refractivity contribution in [3.05, 3.63) is 24.1 Å². The number of furan rings is 1. The number of aromatic nitrogens is 2. The lowest BCUT2D eigenvalue weighted by molar-refractivity contribution is -0.274. The molecule has 0 unspecified atom stereocenters. The maximum absolute atomic E-state index is 12.1. The van der Waals surface area contributed by atoms with Gasteiger partial charge in [0.25, 0.3) is 0 Å². The van der Waals surface area contributed by atoms with E-state index in [1.54, 1.807) is 6.07 Å². The van der Waals surface area contributed by atoms with Crippen LogP contribution in [0.4, 0.5) is 13.2 Å². The molecule has 0 aliphatic rings. The molecule has 7 heteroatoms. The molecule has 2 rings (SSSR count). The van der Waals surface area contributed by atoms with Crippen LogP contribution in [0.15, 0.2) is 22.8 Å². The Balaban J connectivity index is 2.41. The zero-order valence-corrected chi connectivity index (χ0v) is 8.13.